The summed E-state index contributed by atoms with van der Waals surface area (Å²) in [5, 5.41) is 18.0. The van der Waals surface area contributed by atoms with Gasteiger partial charge in [-0.15, -0.1) is 11.3 Å². The highest BCUT2D eigenvalue weighted by Gasteiger charge is 2.38. The second-order valence-corrected chi connectivity index (χ2v) is 7.22. The second-order valence-electron chi connectivity index (χ2n) is 6.28. The van der Waals surface area contributed by atoms with E-state index in [0.29, 0.717) is 13.0 Å². The molecule has 3 aromatic heterocycles. The van der Waals surface area contributed by atoms with Crippen molar-refractivity contribution in [1.82, 2.24) is 19.5 Å². The zero-order valence-electron chi connectivity index (χ0n) is 15.3. The van der Waals surface area contributed by atoms with Gasteiger partial charge in [0.25, 0.3) is 0 Å². The average Bonchev–Trinajstić information content (AvgIpc) is 3.31. The number of imidazole rings is 1. The summed E-state index contributed by atoms with van der Waals surface area (Å²) in [6.07, 6.45) is -0.793. The molecule has 1 aliphatic heterocycles. The predicted molar refractivity (Wildman–Crippen MR) is 100 cm³/mol. The highest BCUT2D eigenvalue weighted by Crippen LogP contribution is 2.23. The number of carbonyl (C=O) groups is 2. The molecule has 0 aromatic carbocycles. The first-order chi connectivity index (χ1) is 14.1. The SMILES string of the molecule is O=C(O)C(F)(F)F.O=C(O)CCc1cnc2n1CCN(c1ncc3sccc3n1)C2. The lowest BCUT2D eigenvalue weighted by molar-refractivity contribution is -0.192. The van der Waals surface area contributed by atoms with Crippen LogP contribution in [0.1, 0.15) is 17.9 Å². The van der Waals surface area contributed by atoms with Gasteiger partial charge in [-0.3, -0.25) is 4.79 Å². The van der Waals surface area contributed by atoms with Crippen molar-refractivity contribution in [3.63, 3.8) is 0 Å². The third-order valence-electron chi connectivity index (χ3n) is 4.26. The van der Waals surface area contributed by atoms with Crippen molar-refractivity contribution in [3.8, 4) is 0 Å². The van der Waals surface area contributed by atoms with Gasteiger partial charge in [0.2, 0.25) is 5.95 Å². The van der Waals surface area contributed by atoms with E-state index in [2.05, 4.69) is 24.4 Å². The van der Waals surface area contributed by atoms with Gasteiger partial charge in [-0.05, 0) is 17.9 Å². The predicted octanol–water partition coefficient (Wildman–Crippen LogP) is 2.56. The number of alkyl halides is 3. The number of hydrogen-bond donors (Lipinski definition) is 2. The molecule has 160 valence electrons. The standard InChI is InChI=1S/C15H15N5O2S.C2HF3O2/c21-14(22)2-1-10-7-16-13-9-19(4-5-20(10)13)15-17-8-12-11(18-15)3-6-23-12;3-2(4,5)1(6)7/h3,6-8H,1-2,4-5,9H2,(H,21,22);(H,6,7). The quantitative estimate of drug-likeness (QED) is 0.631. The summed E-state index contributed by atoms with van der Waals surface area (Å²) in [5.74, 6) is -1.88. The van der Waals surface area contributed by atoms with E-state index in [1.165, 1.54) is 0 Å². The molecular formula is C17H16F3N5O4S. The topological polar surface area (TPSA) is 121 Å². The van der Waals surface area contributed by atoms with Gasteiger partial charge in [0.05, 0.1) is 29.4 Å². The number of anilines is 1. The molecule has 0 bridgehead atoms. The molecule has 0 spiro atoms. The number of hydrogen-bond acceptors (Lipinski definition) is 7. The number of fused-ring (bicyclic) bond motifs is 2. The van der Waals surface area contributed by atoms with E-state index in [0.717, 1.165) is 40.8 Å². The van der Waals surface area contributed by atoms with Crippen LogP contribution in [0.25, 0.3) is 10.2 Å². The van der Waals surface area contributed by atoms with Gasteiger partial charge in [0.15, 0.2) is 0 Å². The number of rotatable bonds is 4. The third kappa shape index (κ3) is 5.03. The number of aliphatic carboxylic acids is 2. The number of carboxylic acids is 2. The molecule has 9 nitrogen and oxygen atoms in total. The van der Waals surface area contributed by atoms with Gasteiger partial charge in [-0.25, -0.2) is 19.7 Å². The zero-order chi connectivity index (χ0) is 21.9. The molecule has 0 fully saturated rings. The first-order valence-electron chi connectivity index (χ1n) is 8.65. The number of thiophene rings is 1. The van der Waals surface area contributed by atoms with E-state index in [9.17, 15) is 18.0 Å². The highest BCUT2D eigenvalue weighted by atomic mass is 32.1. The number of nitrogens with zero attached hydrogens (tertiary/aromatic N) is 5. The molecular weight excluding hydrogens is 427 g/mol. The van der Waals surface area contributed by atoms with Crippen LogP contribution in [-0.4, -0.2) is 54.4 Å². The minimum atomic E-state index is -5.08. The fourth-order valence-corrected chi connectivity index (χ4v) is 3.53. The summed E-state index contributed by atoms with van der Waals surface area (Å²) in [5.41, 5.74) is 1.95. The molecule has 0 radical (unpaired) electrons. The Bertz CT molecular complexity index is 1070. The first kappa shape index (κ1) is 21.5. The molecule has 0 atom stereocenters. The van der Waals surface area contributed by atoms with Crippen molar-refractivity contribution in [2.24, 2.45) is 0 Å². The fourth-order valence-electron chi connectivity index (χ4n) is 2.84. The minimum absolute atomic E-state index is 0.132. The lowest BCUT2D eigenvalue weighted by Crippen LogP contribution is -2.35. The highest BCUT2D eigenvalue weighted by molar-refractivity contribution is 7.17. The van der Waals surface area contributed by atoms with Crippen molar-refractivity contribution in [1.29, 1.82) is 0 Å². The molecule has 2 N–H and O–H groups in total. The lowest BCUT2D eigenvalue weighted by atomic mass is 10.2. The number of carboxylic acid groups (broad SMARTS) is 2. The van der Waals surface area contributed by atoms with Crippen LogP contribution in [0.2, 0.25) is 0 Å². The molecule has 4 rings (SSSR count). The number of aromatic nitrogens is 4. The summed E-state index contributed by atoms with van der Waals surface area (Å²) in [6.45, 7) is 2.21. The average molecular weight is 443 g/mol. The molecule has 3 aromatic rings. The fraction of sp³-hybridized carbons (Fsp3) is 0.353. The van der Waals surface area contributed by atoms with E-state index in [-0.39, 0.29) is 6.42 Å². The minimum Gasteiger partial charge on any atom is -0.481 e. The van der Waals surface area contributed by atoms with Gasteiger partial charge in [0, 0.05) is 25.0 Å². The maximum absolute atomic E-state index is 10.7. The first-order valence-corrected chi connectivity index (χ1v) is 9.53. The van der Waals surface area contributed by atoms with Gasteiger partial charge in [-0.2, -0.15) is 13.2 Å². The molecule has 0 saturated heterocycles. The number of aryl methyl sites for hydroxylation is 1. The zero-order valence-corrected chi connectivity index (χ0v) is 16.2. The van der Waals surface area contributed by atoms with E-state index in [1.807, 2.05) is 17.6 Å². The van der Waals surface area contributed by atoms with Gasteiger partial charge in [-0.1, -0.05) is 0 Å². The Hall–Kier alpha value is -3.22. The smallest absolute Gasteiger partial charge is 0.481 e. The van der Waals surface area contributed by atoms with Crippen LogP contribution in [-0.2, 0) is 29.1 Å². The van der Waals surface area contributed by atoms with Crippen molar-refractivity contribution < 1.29 is 33.0 Å². The largest absolute Gasteiger partial charge is 0.490 e. The number of halogens is 3. The normalized spacial score (nSPS) is 13.5. The van der Waals surface area contributed by atoms with Crippen LogP contribution in [0.15, 0.2) is 23.8 Å². The van der Waals surface area contributed by atoms with Gasteiger partial charge < -0.3 is 19.7 Å². The van der Waals surface area contributed by atoms with E-state index in [1.54, 1.807) is 17.5 Å². The van der Waals surface area contributed by atoms with Gasteiger partial charge >= 0.3 is 18.1 Å². The van der Waals surface area contributed by atoms with Crippen LogP contribution in [0.5, 0.6) is 0 Å². The van der Waals surface area contributed by atoms with E-state index < -0.39 is 18.1 Å². The molecule has 0 amide bonds. The molecule has 13 heteroatoms. The monoisotopic (exact) mass is 443 g/mol. The molecule has 0 aliphatic carbocycles. The summed E-state index contributed by atoms with van der Waals surface area (Å²) in [6, 6.07) is 2.00. The molecule has 0 saturated carbocycles. The van der Waals surface area contributed by atoms with Crippen molar-refractivity contribution in [2.45, 2.75) is 32.1 Å². The Kier molecular flexibility index (Phi) is 6.20. The van der Waals surface area contributed by atoms with Crippen LogP contribution < -0.4 is 4.90 Å². The van der Waals surface area contributed by atoms with Crippen molar-refractivity contribution in [2.75, 3.05) is 11.4 Å². The van der Waals surface area contributed by atoms with E-state index >= 15 is 0 Å². The Morgan fingerprint density at radius 2 is 1.90 bits per heavy atom. The Morgan fingerprint density at radius 3 is 2.57 bits per heavy atom. The van der Waals surface area contributed by atoms with Crippen LogP contribution in [0, 0.1) is 0 Å². The summed E-state index contributed by atoms with van der Waals surface area (Å²) >= 11 is 1.63. The molecule has 4 heterocycles. The van der Waals surface area contributed by atoms with Crippen molar-refractivity contribution >= 4 is 39.4 Å². The molecule has 30 heavy (non-hydrogen) atoms. The van der Waals surface area contributed by atoms with Gasteiger partial charge in [0.1, 0.15) is 5.82 Å². The maximum Gasteiger partial charge on any atom is 0.490 e. The molecule has 1 aliphatic rings. The second kappa shape index (κ2) is 8.65. The Labute approximate surface area is 171 Å². The lowest BCUT2D eigenvalue weighted by Gasteiger charge is -2.28. The molecule has 0 unspecified atom stereocenters. The van der Waals surface area contributed by atoms with Crippen LogP contribution in [0.4, 0.5) is 19.1 Å². The van der Waals surface area contributed by atoms with E-state index in [4.69, 9.17) is 15.0 Å². The van der Waals surface area contributed by atoms with Crippen LogP contribution >= 0.6 is 11.3 Å². The van der Waals surface area contributed by atoms with Crippen LogP contribution in [0.3, 0.4) is 0 Å². The third-order valence-corrected chi connectivity index (χ3v) is 5.10. The Balaban J connectivity index is 0.000000318. The summed E-state index contributed by atoms with van der Waals surface area (Å²) in [7, 11) is 0. The maximum atomic E-state index is 10.7. The summed E-state index contributed by atoms with van der Waals surface area (Å²) in [4.78, 5) is 35.2. The summed E-state index contributed by atoms with van der Waals surface area (Å²) < 4.78 is 34.9. The van der Waals surface area contributed by atoms with Crippen molar-refractivity contribution in [3.05, 3.63) is 35.4 Å². The Morgan fingerprint density at radius 1 is 1.17 bits per heavy atom.